The third kappa shape index (κ3) is 2.59. The number of methoxy groups -OCH3 is 1. The maximum atomic E-state index is 6.06. The molecule has 0 spiro atoms. The largest absolute Gasteiger partial charge is 0.493 e. The monoisotopic (exact) mass is 334 g/mol. The Morgan fingerprint density at radius 3 is 2.42 bits per heavy atom. The fraction of sp³-hybridized carbons (Fsp3) is 0.0526. The van der Waals surface area contributed by atoms with Crippen molar-refractivity contribution in [3.63, 3.8) is 0 Å². The Morgan fingerprint density at radius 1 is 0.875 bits per heavy atom. The Morgan fingerprint density at radius 2 is 1.62 bits per heavy atom. The Bertz CT molecular complexity index is 983. The van der Waals surface area contributed by atoms with Crippen molar-refractivity contribution in [3.05, 3.63) is 66.3 Å². The van der Waals surface area contributed by atoms with E-state index in [-0.39, 0.29) is 0 Å². The van der Waals surface area contributed by atoms with Gasteiger partial charge in [0.05, 0.1) is 12.5 Å². The number of hydrogen-bond donors (Lipinski definition) is 0. The highest BCUT2D eigenvalue weighted by Gasteiger charge is 2.15. The van der Waals surface area contributed by atoms with Gasteiger partial charge in [-0.25, -0.2) is 9.97 Å². The molecule has 0 aliphatic heterocycles. The van der Waals surface area contributed by atoms with Gasteiger partial charge >= 0.3 is 0 Å². The topological polar surface area (TPSA) is 44.2 Å². The van der Waals surface area contributed by atoms with Gasteiger partial charge in [-0.1, -0.05) is 42.5 Å². The van der Waals surface area contributed by atoms with Crippen LogP contribution in [0.4, 0.5) is 0 Å². The van der Waals surface area contributed by atoms with Gasteiger partial charge in [0.1, 0.15) is 11.2 Å². The zero-order valence-corrected chi connectivity index (χ0v) is 13.8. The number of nitrogens with zero attached hydrogens (tertiary/aromatic N) is 2. The van der Waals surface area contributed by atoms with Crippen molar-refractivity contribution in [3.8, 4) is 28.5 Å². The lowest BCUT2D eigenvalue weighted by molar-refractivity contribution is 0.375. The van der Waals surface area contributed by atoms with Crippen molar-refractivity contribution in [2.75, 3.05) is 7.11 Å². The van der Waals surface area contributed by atoms with Crippen LogP contribution in [0, 0.1) is 0 Å². The van der Waals surface area contributed by atoms with Crippen LogP contribution in [0.2, 0.25) is 0 Å². The fourth-order valence-electron chi connectivity index (χ4n) is 2.56. The molecule has 24 heavy (non-hydrogen) atoms. The maximum absolute atomic E-state index is 6.06. The van der Waals surface area contributed by atoms with E-state index in [1.165, 1.54) is 6.33 Å². The van der Waals surface area contributed by atoms with E-state index in [1.807, 2.05) is 42.5 Å². The first-order valence-corrected chi connectivity index (χ1v) is 8.33. The number of benzene rings is 2. The predicted octanol–water partition coefficient (Wildman–Crippen LogP) is 5.16. The lowest BCUT2D eigenvalue weighted by Crippen LogP contribution is -1.93. The van der Waals surface area contributed by atoms with Crippen molar-refractivity contribution >= 4 is 21.6 Å². The highest BCUT2D eigenvalue weighted by Crippen LogP contribution is 2.40. The van der Waals surface area contributed by atoms with Crippen molar-refractivity contribution in [2.45, 2.75) is 0 Å². The first-order chi connectivity index (χ1) is 11.9. The fourth-order valence-corrected chi connectivity index (χ4v) is 3.47. The van der Waals surface area contributed by atoms with E-state index in [4.69, 9.17) is 9.47 Å². The second kappa shape index (κ2) is 6.29. The van der Waals surface area contributed by atoms with Crippen LogP contribution in [0.5, 0.6) is 17.4 Å². The summed E-state index contributed by atoms with van der Waals surface area (Å²) in [5.41, 5.74) is 2.18. The second-order valence-electron chi connectivity index (χ2n) is 5.13. The van der Waals surface area contributed by atoms with Crippen LogP contribution in [-0.2, 0) is 0 Å². The molecule has 4 aromatic rings. The molecule has 0 saturated heterocycles. The van der Waals surface area contributed by atoms with E-state index < -0.39 is 0 Å². The summed E-state index contributed by atoms with van der Waals surface area (Å²) < 4.78 is 11.4. The van der Waals surface area contributed by atoms with Gasteiger partial charge in [0.15, 0.2) is 11.5 Å². The predicted molar refractivity (Wildman–Crippen MR) is 95.9 cm³/mol. The summed E-state index contributed by atoms with van der Waals surface area (Å²) in [7, 11) is 1.62. The Hall–Kier alpha value is -2.92. The number of fused-ring (bicyclic) bond motifs is 1. The first-order valence-electron chi connectivity index (χ1n) is 7.45. The summed E-state index contributed by atoms with van der Waals surface area (Å²) in [6.07, 6.45) is 1.53. The third-order valence-electron chi connectivity index (χ3n) is 3.70. The Balaban J connectivity index is 1.86. The lowest BCUT2D eigenvalue weighted by atomic mass is 10.1. The van der Waals surface area contributed by atoms with Crippen LogP contribution < -0.4 is 9.47 Å². The number of hydrogen-bond acceptors (Lipinski definition) is 5. The number of ether oxygens (including phenoxy) is 2. The van der Waals surface area contributed by atoms with Gasteiger partial charge in [0.2, 0.25) is 5.88 Å². The highest BCUT2D eigenvalue weighted by atomic mass is 32.1. The average molecular weight is 334 g/mol. The van der Waals surface area contributed by atoms with E-state index in [1.54, 1.807) is 18.4 Å². The molecule has 0 unspecified atom stereocenters. The Kier molecular flexibility index (Phi) is 3.84. The summed E-state index contributed by atoms with van der Waals surface area (Å²) in [4.78, 5) is 9.62. The van der Waals surface area contributed by atoms with Crippen LogP contribution in [0.15, 0.2) is 66.3 Å². The third-order valence-corrected chi connectivity index (χ3v) is 4.58. The molecule has 118 valence electrons. The van der Waals surface area contributed by atoms with E-state index in [9.17, 15) is 0 Å². The van der Waals surface area contributed by atoms with Crippen LogP contribution in [0.25, 0.3) is 21.3 Å². The smallest absolute Gasteiger partial charge is 0.231 e. The van der Waals surface area contributed by atoms with Crippen LogP contribution in [0.1, 0.15) is 0 Å². The van der Waals surface area contributed by atoms with Crippen molar-refractivity contribution < 1.29 is 9.47 Å². The zero-order valence-electron chi connectivity index (χ0n) is 13.0. The van der Waals surface area contributed by atoms with Gasteiger partial charge < -0.3 is 9.47 Å². The normalized spacial score (nSPS) is 10.7. The van der Waals surface area contributed by atoms with Gasteiger partial charge in [-0.2, -0.15) is 0 Å². The molecule has 2 aromatic carbocycles. The molecule has 0 saturated carbocycles. The molecule has 2 aromatic heterocycles. The molecule has 2 heterocycles. The van der Waals surface area contributed by atoms with Crippen LogP contribution in [-0.4, -0.2) is 17.1 Å². The van der Waals surface area contributed by atoms with Crippen molar-refractivity contribution in [2.24, 2.45) is 0 Å². The summed E-state index contributed by atoms with van der Waals surface area (Å²) >= 11 is 1.58. The Labute approximate surface area is 143 Å². The lowest BCUT2D eigenvalue weighted by Gasteiger charge is -2.10. The van der Waals surface area contributed by atoms with Gasteiger partial charge in [0.25, 0.3) is 0 Å². The summed E-state index contributed by atoms with van der Waals surface area (Å²) in [5.74, 6) is 1.83. The van der Waals surface area contributed by atoms with E-state index >= 15 is 0 Å². The number of thiophene rings is 1. The van der Waals surface area contributed by atoms with E-state index in [0.717, 1.165) is 21.3 Å². The minimum atomic E-state index is 0.532. The first kappa shape index (κ1) is 14.7. The molecule has 4 nitrogen and oxygen atoms in total. The molecule has 0 atom stereocenters. The molecule has 5 heteroatoms. The van der Waals surface area contributed by atoms with Gasteiger partial charge in [-0.3, -0.25) is 0 Å². The molecule has 0 N–H and O–H groups in total. The quantitative estimate of drug-likeness (QED) is 0.517. The summed E-state index contributed by atoms with van der Waals surface area (Å²) in [6, 6.07) is 17.7. The van der Waals surface area contributed by atoms with Gasteiger partial charge in [-0.15, -0.1) is 11.3 Å². The number of rotatable bonds is 4. The number of para-hydroxylation sites is 2. The highest BCUT2D eigenvalue weighted by molar-refractivity contribution is 7.17. The molecule has 4 rings (SSSR count). The zero-order chi connectivity index (χ0) is 16.4. The molecule has 0 bridgehead atoms. The maximum Gasteiger partial charge on any atom is 0.231 e. The molecular weight excluding hydrogens is 320 g/mol. The van der Waals surface area contributed by atoms with Crippen LogP contribution >= 0.6 is 11.3 Å². The molecular formula is C19H14N2O2S. The summed E-state index contributed by atoms with van der Waals surface area (Å²) in [5, 5.41) is 3.00. The second-order valence-corrected chi connectivity index (χ2v) is 5.99. The van der Waals surface area contributed by atoms with Gasteiger partial charge in [0, 0.05) is 10.9 Å². The molecule has 0 amide bonds. The van der Waals surface area contributed by atoms with E-state index in [0.29, 0.717) is 17.4 Å². The molecule has 0 aliphatic rings. The minimum absolute atomic E-state index is 0.532. The van der Waals surface area contributed by atoms with Crippen molar-refractivity contribution in [1.82, 2.24) is 9.97 Å². The van der Waals surface area contributed by atoms with Gasteiger partial charge in [-0.05, 0) is 17.7 Å². The SMILES string of the molecule is COc1ccccc1Oc1ncnc2scc(-c3ccccc3)c12. The molecule has 0 radical (unpaired) electrons. The van der Waals surface area contributed by atoms with Crippen molar-refractivity contribution in [1.29, 1.82) is 0 Å². The number of aromatic nitrogens is 2. The molecule has 0 aliphatic carbocycles. The summed E-state index contributed by atoms with van der Waals surface area (Å²) in [6.45, 7) is 0. The molecule has 0 fully saturated rings. The van der Waals surface area contributed by atoms with E-state index in [2.05, 4.69) is 27.5 Å². The standard InChI is InChI=1S/C19H14N2O2S/c1-22-15-9-5-6-10-16(15)23-18-17-14(13-7-3-2-4-8-13)11-24-19(17)21-12-20-18/h2-12H,1H3. The average Bonchev–Trinajstić information content (AvgIpc) is 3.08. The minimum Gasteiger partial charge on any atom is -0.493 e. The van der Waals surface area contributed by atoms with Crippen LogP contribution in [0.3, 0.4) is 0 Å².